The minimum Gasteiger partial charge on any atom is -0.484 e. The van der Waals surface area contributed by atoms with E-state index in [9.17, 15) is 4.79 Å². The van der Waals surface area contributed by atoms with Crippen LogP contribution in [0.2, 0.25) is 0 Å². The van der Waals surface area contributed by atoms with Crippen molar-refractivity contribution in [2.45, 2.75) is 6.92 Å². The molecule has 0 aromatic heterocycles. The van der Waals surface area contributed by atoms with Gasteiger partial charge < -0.3 is 10.5 Å². The van der Waals surface area contributed by atoms with Gasteiger partial charge in [0.1, 0.15) is 5.75 Å². The number of ether oxygens (including phenoxy) is 1. The quantitative estimate of drug-likeness (QED) is 0.501. The molecule has 5 heteroatoms. The number of carbonyl (C=O) groups excluding carboxylic acids is 1. The molecular weight excluding hydrogens is 266 g/mol. The highest BCUT2D eigenvalue weighted by atomic mass is 16.5. The monoisotopic (exact) mass is 283 g/mol. The highest BCUT2D eigenvalue weighted by Gasteiger charge is 2.03. The van der Waals surface area contributed by atoms with E-state index in [1.54, 1.807) is 31.2 Å². The summed E-state index contributed by atoms with van der Waals surface area (Å²) in [5, 5.41) is 4.03. The number of nitrogens with one attached hydrogen (secondary N) is 1. The molecule has 1 amide bonds. The number of anilines is 1. The second-order valence-electron chi connectivity index (χ2n) is 4.46. The zero-order valence-electron chi connectivity index (χ0n) is 11.7. The van der Waals surface area contributed by atoms with Gasteiger partial charge in [-0.1, -0.05) is 30.3 Å². The molecule has 5 nitrogen and oxygen atoms in total. The van der Waals surface area contributed by atoms with Gasteiger partial charge in [0.25, 0.3) is 5.91 Å². The molecule has 0 heterocycles. The summed E-state index contributed by atoms with van der Waals surface area (Å²) in [6.45, 7) is 1.71. The Morgan fingerprint density at radius 2 is 1.95 bits per heavy atom. The van der Waals surface area contributed by atoms with Gasteiger partial charge in [-0.05, 0) is 36.8 Å². The molecule has 2 aromatic carbocycles. The van der Waals surface area contributed by atoms with Crippen molar-refractivity contribution in [1.82, 2.24) is 5.43 Å². The highest BCUT2D eigenvalue weighted by Crippen LogP contribution is 2.08. The largest absolute Gasteiger partial charge is 0.484 e. The Kier molecular flexibility index (Phi) is 4.93. The SMILES string of the molecule is CC(=NNC(=O)COc1ccccc1)c1cccc(N)c1. The van der Waals surface area contributed by atoms with E-state index in [-0.39, 0.29) is 12.5 Å². The van der Waals surface area contributed by atoms with Crippen LogP contribution in [0.1, 0.15) is 12.5 Å². The summed E-state index contributed by atoms with van der Waals surface area (Å²) >= 11 is 0. The fraction of sp³-hybridized carbons (Fsp3) is 0.125. The Morgan fingerprint density at radius 3 is 2.67 bits per heavy atom. The van der Waals surface area contributed by atoms with E-state index in [0.717, 1.165) is 5.56 Å². The molecule has 0 aliphatic heterocycles. The van der Waals surface area contributed by atoms with Gasteiger partial charge in [0.15, 0.2) is 6.61 Å². The lowest BCUT2D eigenvalue weighted by Gasteiger charge is -2.06. The number of hydrazone groups is 1. The third-order valence-corrected chi connectivity index (χ3v) is 2.77. The number of benzene rings is 2. The Bertz CT molecular complexity index is 639. The number of nitrogens with two attached hydrogens (primary N) is 1. The molecule has 2 rings (SSSR count). The summed E-state index contributed by atoms with van der Waals surface area (Å²) in [6, 6.07) is 16.4. The zero-order valence-corrected chi connectivity index (χ0v) is 11.7. The first-order chi connectivity index (χ1) is 10.1. The van der Waals surface area contributed by atoms with E-state index in [0.29, 0.717) is 17.1 Å². The lowest BCUT2D eigenvalue weighted by molar-refractivity contribution is -0.123. The van der Waals surface area contributed by atoms with Gasteiger partial charge in [-0.25, -0.2) is 5.43 Å². The molecule has 0 atom stereocenters. The van der Waals surface area contributed by atoms with Gasteiger partial charge in [-0.15, -0.1) is 0 Å². The third kappa shape index (κ3) is 4.65. The number of amides is 1. The van der Waals surface area contributed by atoms with Crippen LogP contribution >= 0.6 is 0 Å². The molecule has 0 unspecified atom stereocenters. The standard InChI is InChI=1S/C16H17N3O2/c1-12(13-6-5-7-14(17)10-13)18-19-16(20)11-21-15-8-3-2-4-9-15/h2-10H,11,17H2,1H3,(H,19,20). The van der Waals surface area contributed by atoms with Crippen LogP contribution in [0.4, 0.5) is 5.69 Å². The molecule has 0 spiro atoms. The van der Waals surface area contributed by atoms with Gasteiger partial charge in [-0.3, -0.25) is 4.79 Å². The summed E-state index contributed by atoms with van der Waals surface area (Å²) in [5.41, 5.74) is 10.3. The van der Waals surface area contributed by atoms with E-state index >= 15 is 0 Å². The van der Waals surface area contributed by atoms with Crippen molar-refractivity contribution in [3.8, 4) is 5.75 Å². The number of nitrogen functional groups attached to an aromatic ring is 1. The van der Waals surface area contributed by atoms with Crippen LogP contribution in [-0.2, 0) is 4.79 Å². The maximum absolute atomic E-state index is 11.7. The molecule has 2 aromatic rings. The maximum atomic E-state index is 11.7. The Balaban J connectivity index is 1.87. The number of para-hydroxylation sites is 1. The molecule has 0 saturated carbocycles. The van der Waals surface area contributed by atoms with Crippen molar-refractivity contribution < 1.29 is 9.53 Å². The molecule has 0 aliphatic carbocycles. The van der Waals surface area contributed by atoms with Crippen LogP contribution in [0, 0.1) is 0 Å². The number of hydrogen-bond acceptors (Lipinski definition) is 4. The average Bonchev–Trinajstić information content (AvgIpc) is 2.51. The lowest BCUT2D eigenvalue weighted by Crippen LogP contribution is -2.25. The summed E-state index contributed by atoms with van der Waals surface area (Å²) < 4.78 is 5.32. The van der Waals surface area contributed by atoms with Gasteiger partial charge >= 0.3 is 0 Å². The first-order valence-electron chi connectivity index (χ1n) is 6.52. The van der Waals surface area contributed by atoms with E-state index in [4.69, 9.17) is 10.5 Å². The molecular formula is C16H17N3O2. The molecule has 0 radical (unpaired) electrons. The van der Waals surface area contributed by atoms with E-state index in [2.05, 4.69) is 10.5 Å². The molecule has 21 heavy (non-hydrogen) atoms. The number of hydrogen-bond donors (Lipinski definition) is 2. The van der Waals surface area contributed by atoms with Crippen molar-refractivity contribution in [3.63, 3.8) is 0 Å². The Morgan fingerprint density at radius 1 is 1.19 bits per heavy atom. The normalized spacial score (nSPS) is 11.0. The minimum absolute atomic E-state index is 0.0856. The van der Waals surface area contributed by atoms with Crippen molar-refractivity contribution in [1.29, 1.82) is 0 Å². The van der Waals surface area contributed by atoms with Gasteiger partial charge in [-0.2, -0.15) is 5.10 Å². The van der Waals surface area contributed by atoms with Crippen LogP contribution in [0.5, 0.6) is 5.75 Å². The van der Waals surface area contributed by atoms with Crippen molar-refractivity contribution in [2.24, 2.45) is 5.10 Å². The van der Waals surface area contributed by atoms with Crippen molar-refractivity contribution >= 4 is 17.3 Å². The van der Waals surface area contributed by atoms with Crippen molar-refractivity contribution in [3.05, 3.63) is 60.2 Å². The topological polar surface area (TPSA) is 76.7 Å². The Labute approximate surface area is 123 Å². The van der Waals surface area contributed by atoms with E-state index in [1.165, 1.54) is 0 Å². The maximum Gasteiger partial charge on any atom is 0.277 e. The van der Waals surface area contributed by atoms with Crippen LogP contribution in [0.25, 0.3) is 0 Å². The van der Waals surface area contributed by atoms with Crippen molar-refractivity contribution in [2.75, 3.05) is 12.3 Å². The molecule has 0 aliphatic rings. The van der Waals surface area contributed by atoms with E-state index in [1.807, 2.05) is 30.3 Å². The van der Waals surface area contributed by atoms with Gasteiger partial charge in [0.2, 0.25) is 0 Å². The van der Waals surface area contributed by atoms with Crippen LogP contribution in [0.15, 0.2) is 59.7 Å². The fourth-order valence-electron chi connectivity index (χ4n) is 1.67. The molecule has 108 valence electrons. The lowest BCUT2D eigenvalue weighted by atomic mass is 10.1. The first kappa shape index (κ1) is 14.6. The molecule has 0 saturated heterocycles. The second-order valence-corrected chi connectivity index (χ2v) is 4.46. The minimum atomic E-state index is -0.317. The van der Waals surface area contributed by atoms with Gasteiger partial charge in [0, 0.05) is 5.69 Å². The highest BCUT2D eigenvalue weighted by molar-refractivity contribution is 5.99. The predicted molar refractivity (Wildman–Crippen MR) is 83.1 cm³/mol. The number of nitrogens with zero attached hydrogens (tertiary/aromatic N) is 1. The smallest absolute Gasteiger partial charge is 0.277 e. The first-order valence-corrected chi connectivity index (χ1v) is 6.52. The van der Waals surface area contributed by atoms with Gasteiger partial charge in [0.05, 0.1) is 5.71 Å². The third-order valence-electron chi connectivity index (χ3n) is 2.77. The fourth-order valence-corrected chi connectivity index (χ4v) is 1.67. The second kappa shape index (κ2) is 7.09. The average molecular weight is 283 g/mol. The van der Waals surface area contributed by atoms with E-state index < -0.39 is 0 Å². The number of carbonyl (C=O) groups is 1. The summed E-state index contributed by atoms with van der Waals surface area (Å²) in [7, 11) is 0. The molecule has 3 N–H and O–H groups in total. The van der Waals surface area contributed by atoms with Crippen LogP contribution in [-0.4, -0.2) is 18.2 Å². The summed E-state index contributed by atoms with van der Waals surface area (Å²) in [5.74, 6) is 0.325. The summed E-state index contributed by atoms with van der Waals surface area (Å²) in [4.78, 5) is 11.7. The van der Waals surface area contributed by atoms with Crippen LogP contribution < -0.4 is 15.9 Å². The Hall–Kier alpha value is -2.82. The predicted octanol–water partition coefficient (Wildman–Crippen LogP) is 2.19. The number of rotatable bonds is 5. The van der Waals surface area contributed by atoms with Crippen LogP contribution in [0.3, 0.4) is 0 Å². The molecule has 0 bridgehead atoms. The molecule has 0 fully saturated rings. The summed E-state index contributed by atoms with van der Waals surface area (Å²) in [6.07, 6.45) is 0. The zero-order chi connectivity index (χ0) is 15.1.